The Kier molecular flexibility index (Phi) is 10.7. The number of anilines is 2. The molecule has 2 aromatic carbocycles. The predicted molar refractivity (Wildman–Crippen MR) is 171 cm³/mol. The van der Waals surface area contributed by atoms with Crippen LogP contribution in [0.3, 0.4) is 0 Å². The monoisotopic (exact) mass is 729 g/mol. The van der Waals surface area contributed by atoms with Crippen LogP contribution in [-0.2, 0) is 12.4 Å². The molecule has 4 heterocycles. The van der Waals surface area contributed by atoms with Crippen LogP contribution in [0, 0.1) is 0 Å². The average molecular weight is 730 g/mol. The van der Waals surface area contributed by atoms with Crippen LogP contribution < -0.4 is 30.7 Å². The second-order valence-corrected chi connectivity index (χ2v) is 12.8. The van der Waals surface area contributed by atoms with Crippen molar-refractivity contribution in [3.8, 4) is 11.5 Å². The molecular weight excluding hydrogens is 700 g/mol. The number of alkyl halides is 6. The standard InChI is InChI=1S/C15H15F3N4O2S.C15H14F3N3O2S/c16-15(17,18)10-3-1-2-4-11(10)24-9-5-6-22(8-9)14-20-7-12(25-14)13(19)21-23;16-15(17,18)10-3-1-2-4-11(10)23-9-5-6-21(8-9)14-20-7-12(24-14)13(19)22/h1-4,7,9,23H,5-6,8H2,(H2,19,21);1-4,7,9H,5-6,8H2,(H2,19,22)/t2*9-/m00/s1. The SMILES string of the molecule is NC(=NO)c1cnc(N2CC[C@H](Oc3ccccc3C(F)(F)F)C2)s1.NC(=O)c1cnc(N2CC[C@H](Oc3ccccc3C(F)(F)F)C2)s1. The first-order valence-electron chi connectivity index (χ1n) is 14.6. The predicted octanol–water partition coefficient (Wildman–Crippen LogP) is 5.83. The number of nitrogens with zero attached hydrogens (tertiary/aromatic N) is 5. The number of primary amides is 1. The lowest BCUT2D eigenvalue weighted by atomic mass is 10.2. The van der Waals surface area contributed by atoms with Crippen molar-refractivity contribution in [2.45, 2.75) is 37.4 Å². The van der Waals surface area contributed by atoms with E-state index >= 15 is 0 Å². The Morgan fingerprint density at radius 3 is 1.61 bits per heavy atom. The van der Waals surface area contributed by atoms with Gasteiger partial charge in [-0.05, 0) is 24.3 Å². The van der Waals surface area contributed by atoms with E-state index < -0.39 is 29.4 Å². The van der Waals surface area contributed by atoms with E-state index in [4.69, 9.17) is 26.1 Å². The molecule has 1 amide bonds. The van der Waals surface area contributed by atoms with E-state index in [0.29, 0.717) is 59.0 Å². The minimum atomic E-state index is -4.46. The number of halogens is 6. The van der Waals surface area contributed by atoms with Gasteiger partial charge in [0.25, 0.3) is 5.91 Å². The number of carbonyl (C=O) groups excluding carboxylic acids is 1. The van der Waals surface area contributed by atoms with Gasteiger partial charge in [0, 0.05) is 25.9 Å². The summed E-state index contributed by atoms with van der Waals surface area (Å²) in [4.78, 5) is 24.1. The van der Waals surface area contributed by atoms with Gasteiger partial charge in [-0.2, -0.15) is 26.3 Å². The Hall–Kier alpha value is -4.78. The van der Waals surface area contributed by atoms with Gasteiger partial charge in [-0.3, -0.25) is 4.79 Å². The third-order valence-corrected chi connectivity index (χ3v) is 9.55. The van der Waals surface area contributed by atoms with Gasteiger partial charge < -0.3 is 35.9 Å². The molecule has 2 aromatic heterocycles. The molecule has 0 radical (unpaired) electrons. The fourth-order valence-corrected chi connectivity index (χ4v) is 6.72. The third-order valence-electron chi connectivity index (χ3n) is 7.39. The summed E-state index contributed by atoms with van der Waals surface area (Å²) in [6.07, 6.45) is -5.64. The Morgan fingerprint density at radius 2 is 1.20 bits per heavy atom. The number of ether oxygens (including phenoxy) is 2. The van der Waals surface area contributed by atoms with Crippen LogP contribution in [0.15, 0.2) is 66.1 Å². The highest BCUT2D eigenvalue weighted by atomic mass is 32.1. The molecule has 49 heavy (non-hydrogen) atoms. The quantitative estimate of drug-likeness (QED) is 0.0669. The summed E-state index contributed by atoms with van der Waals surface area (Å²) in [6, 6.07) is 10.3. The van der Waals surface area contributed by atoms with Gasteiger partial charge in [-0.15, -0.1) is 0 Å². The molecule has 11 nitrogen and oxygen atoms in total. The van der Waals surface area contributed by atoms with Gasteiger partial charge in [0.1, 0.15) is 28.6 Å². The molecule has 0 bridgehead atoms. The van der Waals surface area contributed by atoms with Crippen molar-refractivity contribution in [3.63, 3.8) is 0 Å². The topological polar surface area (TPSA) is 152 Å². The molecule has 2 aliphatic heterocycles. The maximum atomic E-state index is 13.0. The zero-order valence-corrected chi connectivity index (χ0v) is 27.0. The van der Waals surface area contributed by atoms with Crippen LogP contribution in [-0.4, -0.2) is 65.3 Å². The average Bonchev–Trinajstić information content (AvgIpc) is 3.87. The van der Waals surface area contributed by atoms with Crippen LogP contribution >= 0.6 is 22.7 Å². The van der Waals surface area contributed by atoms with Crippen molar-refractivity contribution in [2.24, 2.45) is 16.6 Å². The van der Waals surface area contributed by atoms with Crippen molar-refractivity contribution in [1.82, 2.24) is 9.97 Å². The van der Waals surface area contributed by atoms with E-state index in [1.165, 1.54) is 60.1 Å². The molecule has 6 rings (SSSR count). The summed E-state index contributed by atoms with van der Waals surface area (Å²) in [5.41, 5.74) is 9.14. The van der Waals surface area contributed by atoms with Gasteiger partial charge in [-0.1, -0.05) is 52.1 Å². The summed E-state index contributed by atoms with van der Waals surface area (Å²) in [5.74, 6) is -0.924. The molecule has 0 aliphatic carbocycles. The van der Waals surface area contributed by atoms with Crippen LogP contribution in [0.5, 0.6) is 11.5 Å². The highest BCUT2D eigenvalue weighted by molar-refractivity contribution is 7.17. The normalized spacial score (nSPS) is 18.3. The maximum Gasteiger partial charge on any atom is 0.419 e. The van der Waals surface area contributed by atoms with Crippen LogP contribution in [0.2, 0.25) is 0 Å². The number of rotatable bonds is 8. The number of carbonyl (C=O) groups is 1. The van der Waals surface area contributed by atoms with Crippen LogP contribution in [0.25, 0.3) is 0 Å². The lowest BCUT2D eigenvalue weighted by Gasteiger charge is -2.19. The van der Waals surface area contributed by atoms with Crippen LogP contribution in [0.1, 0.15) is 38.5 Å². The number of nitrogens with two attached hydrogens (primary N) is 2. The van der Waals surface area contributed by atoms with E-state index in [-0.39, 0.29) is 29.5 Å². The Balaban J connectivity index is 0.000000191. The molecular formula is C30H29F6N7O4S2. The fraction of sp³-hybridized carbons (Fsp3) is 0.333. The zero-order valence-electron chi connectivity index (χ0n) is 25.3. The van der Waals surface area contributed by atoms with Gasteiger partial charge >= 0.3 is 12.4 Å². The number of amides is 1. The van der Waals surface area contributed by atoms with Crippen molar-refractivity contribution >= 4 is 44.7 Å². The summed E-state index contributed by atoms with van der Waals surface area (Å²) >= 11 is 2.40. The summed E-state index contributed by atoms with van der Waals surface area (Å²) < 4.78 is 89.3. The minimum absolute atomic E-state index is 0.0325. The molecule has 0 spiro atoms. The lowest BCUT2D eigenvalue weighted by molar-refractivity contribution is -0.140. The number of aromatic nitrogens is 2. The third kappa shape index (κ3) is 8.83. The van der Waals surface area contributed by atoms with E-state index in [1.54, 1.807) is 0 Å². The Bertz CT molecular complexity index is 1780. The van der Waals surface area contributed by atoms with Gasteiger partial charge in [0.05, 0.1) is 41.5 Å². The van der Waals surface area contributed by atoms with Gasteiger partial charge in [-0.25, -0.2) is 9.97 Å². The smallest absolute Gasteiger partial charge is 0.419 e. The molecule has 19 heteroatoms. The maximum absolute atomic E-state index is 13.0. The zero-order chi connectivity index (χ0) is 35.3. The van der Waals surface area contributed by atoms with Crippen molar-refractivity contribution in [3.05, 3.63) is 81.8 Å². The number of benzene rings is 2. The summed E-state index contributed by atoms with van der Waals surface area (Å²) in [6.45, 7) is 2.00. The largest absolute Gasteiger partial charge is 0.488 e. The number of hydrogen-bond acceptors (Lipinski definition) is 11. The molecule has 2 saturated heterocycles. The van der Waals surface area contributed by atoms with Gasteiger partial charge in [0.2, 0.25) is 0 Å². The Morgan fingerprint density at radius 1 is 0.776 bits per heavy atom. The molecule has 2 fully saturated rings. The van der Waals surface area contributed by atoms with E-state index in [2.05, 4.69) is 15.1 Å². The fourth-order valence-electron chi connectivity index (χ4n) is 5.07. The number of thiazole rings is 2. The van der Waals surface area contributed by atoms with Crippen molar-refractivity contribution in [2.75, 3.05) is 36.0 Å². The van der Waals surface area contributed by atoms with Crippen LogP contribution in [0.4, 0.5) is 36.6 Å². The molecule has 0 unspecified atom stereocenters. The first-order valence-corrected chi connectivity index (χ1v) is 16.2. The second-order valence-electron chi connectivity index (χ2n) is 10.8. The number of hydrogen-bond donors (Lipinski definition) is 3. The number of amidine groups is 1. The molecule has 5 N–H and O–H groups in total. The summed E-state index contributed by atoms with van der Waals surface area (Å²) in [5, 5.41) is 12.9. The van der Waals surface area contributed by atoms with E-state index in [1.807, 2.05) is 9.80 Å². The highest BCUT2D eigenvalue weighted by Crippen LogP contribution is 2.39. The number of oxime groups is 1. The lowest BCUT2D eigenvalue weighted by Crippen LogP contribution is -2.25. The van der Waals surface area contributed by atoms with E-state index in [0.717, 1.165) is 23.5 Å². The van der Waals surface area contributed by atoms with Gasteiger partial charge in [0.15, 0.2) is 16.1 Å². The molecule has 2 atom stereocenters. The van der Waals surface area contributed by atoms with E-state index in [9.17, 15) is 31.1 Å². The number of para-hydroxylation sites is 2. The molecule has 2 aliphatic rings. The first kappa shape index (κ1) is 35.5. The minimum Gasteiger partial charge on any atom is -0.488 e. The molecule has 262 valence electrons. The van der Waals surface area contributed by atoms with Crippen molar-refractivity contribution < 1.29 is 45.8 Å². The first-order chi connectivity index (χ1) is 23.2. The van der Waals surface area contributed by atoms with Crippen molar-refractivity contribution in [1.29, 1.82) is 0 Å². The second kappa shape index (κ2) is 14.8. The Labute approximate surface area is 283 Å². The highest BCUT2D eigenvalue weighted by Gasteiger charge is 2.37. The molecule has 4 aromatic rings. The summed E-state index contributed by atoms with van der Waals surface area (Å²) in [7, 11) is 0. The molecule has 0 saturated carbocycles.